The van der Waals surface area contributed by atoms with Gasteiger partial charge in [0, 0.05) is 29.8 Å². The summed E-state index contributed by atoms with van der Waals surface area (Å²) in [5.41, 5.74) is -0.619. The Morgan fingerprint density at radius 1 is 1.16 bits per heavy atom. The van der Waals surface area contributed by atoms with E-state index in [0.29, 0.717) is 0 Å². The molecule has 9 nitrogen and oxygen atoms in total. The lowest BCUT2D eigenvalue weighted by molar-refractivity contribution is -0.189. The molecule has 1 aromatic heterocycles. The van der Waals surface area contributed by atoms with Crippen LogP contribution in [0.5, 0.6) is 11.5 Å². The van der Waals surface area contributed by atoms with Crippen LogP contribution in [0.4, 0.5) is 17.6 Å². The number of hydrogen-bond donors (Lipinski definition) is 1. The van der Waals surface area contributed by atoms with E-state index < -0.39 is 39.4 Å². The second-order valence-electron chi connectivity index (χ2n) is 7.68. The molecule has 0 radical (unpaired) electrons. The number of benzene rings is 2. The maximum absolute atomic E-state index is 14.8. The van der Waals surface area contributed by atoms with Crippen molar-refractivity contribution in [3.8, 4) is 17.2 Å². The van der Waals surface area contributed by atoms with Crippen LogP contribution in [0.3, 0.4) is 0 Å². The monoisotopic (exact) mass is 554 g/mol. The molecule has 0 amide bonds. The third kappa shape index (κ3) is 6.02. The van der Waals surface area contributed by atoms with Gasteiger partial charge < -0.3 is 9.47 Å². The zero-order valence-corrected chi connectivity index (χ0v) is 21.1. The molecule has 14 heteroatoms. The van der Waals surface area contributed by atoms with E-state index >= 15 is 0 Å². The summed E-state index contributed by atoms with van der Waals surface area (Å²) in [6, 6.07) is 7.93. The van der Waals surface area contributed by atoms with Gasteiger partial charge in [0.1, 0.15) is 5.75 Å². The average molecular weight is 555 g/mol. The Hall–Kier alpha value is -4.20. The van der Waals surface area contributed by atoms with Crippen LogP contribution in [0.1, 0.15) is 13.8 Å². The summed E-state index contributed by atoms with van der Waals surface area (Å²) in [6.45, 7) is 5.66. The number of nitrogens with one attached hydrogen (secondary N) is 1. The predicted octanol–water partition coefficient (Wildman–Crippen LogP) is 4.34. The number of rotatable bonds is 7. The van der Waals surface area contributed by atoms with Crippen molar-refractivity contribution in [3.63, 3.8) is 0 Å². The van der Waals surface area contributed by atoms with E-state index in [1.807, 2.05) is 0 Å². The van der Waals surface area contributed by atoms with Gasteiger partial charge in [0.25, 0.3) is 15.6 Å². The van der Waals surface area contributed by atoms with Crippen LogP contribution in [0.25, 0.3) is 16.6 Å². The summed E-state index contributed by atoms with van der Waals surface area (Å²) in [5.74, 6) is -2.33. The highest BCUT2D eigenvalue weighted by Crippen LogP contribution is 2.34. The molecule has 2 aromatic carbocycles. The summed E-state index contributed by atoms with van der Waals surface area (Å²) in [4.78, 5) is 19.9. The van der Waals surface area contributed by atoms with Crippen LogP contribution in [-0.2, 0) is 10.0 Å². The molecule has 1 N–H and O–H groups in total. The van der Waals surface area contributed by atoms with Gasteiger partial charge in [-0.25, -0.2) is 27.5 Å². The van der Waals surface area contributed by atoms with E-state index in [9.17, 15) is 30.8 Å². The third-order valence-electron chi connectivity index (χ3n) is 5.14. The maximum Gasteiger partial charge on any atom is 0.425 e. The summed E-state index contributed by atoms with van der Waals surface area (Å²) >= 11 is 0. The SMILES string of the molecule is C=N/C(=N\C=C/C)NS(=O)(=O)c1ccc2c(ccc(=O)n2-c2cc(F)c(O[C@@H](C)C(F)(F)F)cc2OC)c1. The molecule has 0 bridgehead atoms. The molecular weight excluding hydrogens is 532 g/mol. The fraction of sp³-hybridized carbons (Fsp3) is 0.208. The van der Waals surface area contributed by atoms with Gasteiger partial charge in [-0.3, -0.25) is 9.36 Å². The molecular formula is C24H22F4N4O5S. The highest BCUT2D eigenvalue weighted by molar-refractivity contribution is 7.90. The Morgan fingerprint density at radius 3 is 2.47 bits per heavy atom. The standard InChI is InChI=1S/C24H22F4N4O5S/c1-5-10-30-23(29-3)31-38(34,35)16-7-8-18-15(11-16)6-9-22(33)32(18)19-12-17(25)20(13-21(19)36-4)37-14(2)24(26,27)28/h5-14H,3H2,1-2,4H3,(H,30,31)/b10-5-/t14-/m0/s1. The first-order valence-corrected chi connectivity index (χ1v) is 12.3. The van der Waals surface area contributed by atoms with Crippen LogP contribution in [0.15, 0.2) is 74.4 Å². The Bertz CT molecular complexity index is 1600. The Morgan fingerprint density at radius 2 is 1.87 bits per heavy atom. The first-order chi connectivity index (χ1) is 17.8. The number of allylic oxidation sites excluding steroid dienone is 1. The largest absolute Gasteiger partial charge is 0.494 e. The van der Waals surface area contributed by atoms with E-state index in [1.54, 1.807) is 13.0 Å². The smallest absolute Gasteiger partial charge is 0.425 e. The minimum atomic E-state index is -4.74. The van der Waals surface area contributed by atoms with Crippen molar-refractivity contribution in [3.05, 3.63) is 70.9 Å². The number of sulfonamides is 1. The number of nitrogens with zero attached hydrogens (tertiary/aromatic N) is 3. The lowest BCUT2D eigenvalue weighted by Gasteiger charge is -2.20. The lowest BCUT2D eigenvalue weighted by atomic mass is 10.2. The second kappa shape index (κ2) is 11.0. The fourth-order valence-corrected chi connectivity index (χ4v) is 4.28. The molecule has 0 saturated carbocycles. The van der Waals surface area contributed by atoms with Crippen LogP contribution in [0.2, 0.25) is 0 Å². The Balaban J connectivity index is 2.13. The van der Waals surface area contributed by atoms with Crippen LogP contribution in [-0.4, -0.2) is 45.1 Å². The molecule has 0 saturated heterocycles. The van der Waals surface area contributed by atoms with Crippen molar-refractivity contribution >= 4 is 33.6 Å². The molecule has 202 valence electrons. The Kier molecular flexibility index (Phi) is 8.25. The van der Waals surface area contributed by atoms with E-state index in [4.69, 9.17) is 9.47 Å². The normalized spacial score (nSPS) is 13.5. The zero-order chi connectivity index (χ0) is 28.3. The van der Waals surface area contributed by atoms with Crippen LogP contribution >= 0.6 is 0 Å². The highest BCUT2D eigenvalue weighted by Gasteiger charge is 2.38. The molecule has 3 aromatic rings. The number of fused-ring (bicyclic) bond motifs is 1. The molecule has 1 heterocycles. The lowest BCUT2D eigenvalue weighted by Crippen LogP contribution is -2.31. The fourth-order valence-electron chi connectivity index (χ4n) is 3.27. The molecule has 0 aliphatic heterocycles. The summed E-state index contributed by atoms with van der Waals surface area (Å²) in [6.07, 6.45) is -4.17. The topological polar surface area (TPSA) is 111 Å². The predicted molar refractivity (Wildman–Crippen MR) is 134 cm³/mol. The minimum Gasteiger partial charge on any atom is -0.494 e. The van der Waals surface area contributed by atoms with E-state index in [0.717, 1.165) is 29.7 Å². The maximum atomic E-state index is 14.8. The first-order valence-electron chi connectivity index (χ1n) is 10.8. The number of ether oxygens (including phenoxy) is 2. The van der Waals surface area contributed by atoms with Crippen molar-refractivity contribution in [2.24, 2.45) is 9.98 Å². The number of alkyl halides is 3. The second-order valence-corrected chi connectivity index (χ2v) is 9.36. The van der Waals surface area contributed by atoms with Crippen molar-refractivity contribution in [1.82, 2.24) is 9.29 Å². The van der Waals surface area contributed by atoms with E-state index in [2.05, 4.69) is 21.4 Å². The van der Waals surface area contributed by atoms with E-state index in [1.165, 1.54) is 37.6 Å². The number of halogens is 4. The molecule has 38 heavy (non-hydrogen) atoms. The van der Waals surface area contributed by atoms with Gasteiger partial charge in [-0.1, -0.05) is 6.08 Å². The van der Waals surface area contributed by atoms with Crippen molar-refractivity contribution in [1.29, 1.82) is 0 Å². The van der Waals surface area contributed by atoms with Gasteiger partial charge in [0.15, 0.2) is 17.7 Å². The van der Waals surface area contributed by atoms with Crippen molar-refractivity contribution in [2.45, 2.75) is 31.0 Å². The van der Waals surface area contributed by atoms with Gasteiger partial charge in [0.2, 0.25) is 5.96 Å². The van der Waals surface area contributed by atoms with E-state index in [-0.39, 0.29) is 33.2 Å². The van der Waals surface area contributed by atoms with Gasteiger partial charge in [-0.15, -0.1) is 0 Å². The van der Waals surface area contributed by atoms with Crippen LogP contribution in [0, 0.1) is 5.82 Å². The summed E-state index contributed by atoms with van der Waals surface area (Å²) in [7, 11) is -2.98. The van der Waals surface area contributed by atoms with Gasteiger partial charge in [-0.05, 0) is 44.8 Å². The third-order valence-corrected chi connectivity index (χ3v) is 6.46. The number of aliphatic imine (C=N–C) groups is 2. The summed E-state index contributed by atoms with van der Waals surface area (Å²) in [5, 5.41) is 0.263. The minimum absolute atomic E-state index is 0.141. The molecule has 1 atom stereocenters. The molecule has 3 rings (SSSR count). The summed E-state index contributed by atoms with van der Waals surface area (Å²) < 4.78 is 92.3. The van der Waals surface area contributed by atoms with Gasteiger partial charge in [0.05, 0.1) is 23.2 Å². The quantitative estimate of drug-likeness (QED) is 0.266. The molecule has 0 spiro atoms. The van der Waals surface area contributed by atoms with Gasteiger partial charge in [-0.2, -0.15) is 13.2 Å². The van der Waals surface area contributed by atoms with Crippen molar-refractivity contribution < 1.29 is 35.5 Å². The number of aromatic nitrogens is 1. The molecule has 0 fully saturated rings. The van der Waals surface area contributed by atoms with Gasteiger partial charge >= 0.3 is 6.18 Å². The first kappa shape index (κ1) is 28.4. The Labute approximate surface area is 214 Å². The number of pyridine rings is 1. The molecule has 0 aliphatic rings. The molecule has 0 aliphatic carbocycles. The zero-order valence-electron chi connectivity index (χ0n) is 20.3. The number of guanidine groups is 1. The highest BCUT2D eigenvalue weighted by atomic mass is 32.2. The average Bonchev–Trinajstić information content (AvgIpc) is 2.86. The number of hydrogen-bond acceptors (Lipinski definition) is 6. The van der Waals surface area contributed by atoms with Crippen molar-refractivity contribution in [2.75, 3.05) is 7.11 Å². The molecule has 0 unspecified atom stereocenters. The van der Waals surface area contributed by atoms with Crippen LogP contribution < -0.4 is 19.8 Å². The number of methoxy groups -OCH3 is 1.